The van der Waals surface area contributed by atoms with E-state index in [4.69, 9.17) is 0 Å². The summed E-state index contributed by atoms with van der Waals surface area (Å²) >= 11 is 0. The number of aryl methyl sites for hydroxylation is 1. The number of allylic oxidation sites excluding steroid dienone is 1. The molecular weight excluding hydrogens is 286 g/mol. The van der Waals surface area contributed by atoms with Crippen LogP contribution < -0.4 is 5.43 Å². The van der Waals surface area contributed by atoms with E-state index in [1.165, 1.54) is 18.3 Å². The predicted molar refractivity (Wildman–Crippen MR) is 81.4 cm³/mol. The second-order valence-corrected chi connectivity index (χ2v) is 4.36. The van der Waals surface area contributed by atoms with Gasteiger partial charge in [-0.05, 0) is 36.8 Å². The Morgan fingerprint density at radius 2 is 2.14 bits per heavy atom. The lowest BCUT2D eigenvalue weighted by molar-refractivity contribution is -0.384. The van der Waals surface area contributed by atoms with Gasteiger partial charge in [-0.25, -0.2) is 5.43 Å². The minimum Gasteiger partial charge on any atom is -0.282 e. The van der Waals surface area contributed by atoms with Crippen LogP contribution in [0, 0.1) is 17.0 Å². The van der Waals surface area contributed by atoms with Crippen LogP contribution in [0.3, 0.4) is 0 Å². The van der Waals surface area contributed by atoms with E-state index >= 15 is 0 Å². The molecule has 1 amide bonds. The second-order valence-electron chi connectivity index (χ2n) is 4.36. The van der Waals surface area contributed by atoms with Crippen molar-refractivity contribution in [1.82, 2.24) is 15.6 Å². The van der Waals surface area contributed by atoms with Crippen LogP contribution in [0.2, 0.25) is 0 Å². The maximum absolute atomic E-state index is 11.6. The van der Waals surface area contributed by atoms with Crippen LogP contribution in [0.1, 0.15) is 21.7 Å². The maximum atomic E-state index is 11.6. The van der Waals surface area contributed by atoms with E-state index in [0.717, 1.165) is 11.3 Å². The molecule has 0 aliphatic carbocycles. The maximum Gasteiger partial charge on any atom is 0.291 e. The number of carbonyl (C=O) groups is 1. The summed E-state index contributed by atoms with van der Waals surface area (Å²) in [7, 11) is 0. The summed E-state index contributed by atoms with van der Waals surface area (Å²) in [6.45, 7) is 1.79. The number of aromatic nitrogens is 2. The van der Waals surface area contributed by atoms with Gasteiger partial charge in [0.25, 0.3) is 11.6 Å². The molecule has 1 aromatic heterocycles. The molecule has 0 saturated carbocycles. The third-order valence-corrected chi connectivity index (χ3v) is 2.66. The molecule has 112 valence electrons. The number of hydrazone groups is 1. The first-order chi connectivity index (χ1) is 10.6. The average molecular weight is 299 g/mol. The van der Waals surface area contributed by atoms with Crippen molar-refractivity contribution < 1.29 is 9.72 Å². The molecule has 2 aromatic rings. The van der Waals surface area contributed by atoms with Crippen molar-refractivity contribution >= 4 is 23.9 Å². The van der Waals surface area contributed by atoms with Gasteiger partial charge in [-0.15, -0.1) is 0 Å². The van der Waals surface area contributed by atoms with E-state index in [2.05, 4.69) is 20.7 Å². The Labute approximate surface area is 125 Å². The molecule has 0 aliphatic rings. The third kappa shape index (κ3) is 4.10. The molecule has 8 heteroatoms. The van der Waals surface area contributed by atoms with Crippen molar-refractivity contribution in [2.45, 2.75) is 6.92 Å². The van der Waals surface area contributed by atoms with Crippen molar-refractivity contribution in [3.05, 3.63) is 63.5 Å². The Kier molecular flexibility index (Phi) is 4.76. The van der Waals surface area contributed by atoms with Crippen LogP contribution in [0.15, 0.2) is 41.5 Å². The molecule has 22 heavy (non-hydrogen) atoms. The lowest BCUT2D eigenvalue weighted by Crippen LogP contribution is -2.17. The Bertz CT molecular complexity index is 731. The molecule has 0 unspecified atom stereocenters. The molecule has 8 nitrogen and oxygen atoms in total. The van der Waals surface area contributed by atoms with Gasteiger partial charge in [-0.1, -0.05) is 6.08 Å². The summed E-state index contributed by atoms with van der Waals surface area (Å²) in [6.07, 6.45) is 4.72. The molecule has 0 aliphatic heterocycles. The fourth-order valence-electron chi connectivity index (χ4n) is 1.59. The molecule has 0 atom stereocenters. The van der Waals surface area contributed by atoms with Crippen LogP contribution in [0.25, 0.3) is 6.08 Å². The molecule has 2 rings (SSSR count). The topological polar surface area (TPSA) is 113 Å². The smallest absolute Gasteiger partial charge is 0.282 e. The molecule has 1 heterocycles. The average Bonchev–Trinajstić information content (AvgIpc) is 2.94. The molecular formula is C14H13N5O3. The van der Waals surface area contributed by atoms with Crippen molar-refractivity contribution in [2.24, 2.45) is 5.10 Å². The standard InChI is InChI=1S/C14H13N5O3/c1-10-9-13(17-16-10)14(20)18-15-8-2-3-11-4-6-12(7-5-11)19(21)22/h2-9H,1H3,(H,16,17)(H,18,20)/b3-2+,15-8+. The number of rotatable bonds is 5. The molecule has 1 aromatic carbocycles. The Morgan fingerprint density at radius 1 is 1.41 bits per heavy atom. The van der Waals surface area contributed by atoms with Gasteiger partial charge in [0, 0.05) is 24.0 Å². The number of H-pyrrole nitrogens is 1. The van der Waals surface area contributed by atoms with E-state index in [9.17, 15) is 14.9 Å². The van der Waals surface area contributed by atoms with Gasteiger partial charge in [-0.2, -0.15) is 10.2 Å². The fraction of sp³-hybridized carbons (Fsp3) is 0.0714. The summed E-state index contributed by atoms with van der Waals surface area (Å²) in [6, 6.07) is 7.68. The van der Waals surface area contributed by atoms with E-state index in [1.54, 1.807) is 37.3 Å². The zero-order valence-corrected chi connectivity index (χ0v) is 11.7. The molecule has 0 spiro atoms. The Morgan fingerprint density at radius 3 is 2.73 bits per heavy atom. The number of benzene rings is 1. The number of hydrogen-bond donors (Lipinski definition) is 2. The van der Waals surface area contributed by atoms with Crippen LogP contribution in [-0.4, -0.2) is 27.2 Å². The van der Waals surface area contributed by atoms with E-state index in [1.807, 2.05) is 0 Å². The highest BCUT2D eigenvalue weighted by Gasteiger charge is 2.06. The minimum atomic E-state index is -0.457. The number of hydrogen-bond acceptors (Lipinski definition) is 5. The van der Waals surface area contributed by atoms with Gasteiger partial charge >= 0.3 is 0 Å². The Hall–Kier alpha value is -3.29. The number of nitrogens with zero attached hydrogens (tertiary/aromatic N) is 3. The van der Waals surface area contributed by atoms with Gasteiger partial charge in [0.05, 0.1) is 4.92 Å². The zero-order valence-electron chi connectivity index (χ0n) is 11.7. The number of non-ortho nitro benzene ring substituents is 1. The predicted octanol–water partition coefficient (Wildman–Crippen LogP) is 2.06. The monoisotopic (exact) mass is 299 g/mol. The number of nitrogens with one attached hydrogen (secondary N) is 2. The molecule has 0 saturated heterocycles. The number of nitro groups is 1. The van der Waals surface area contributed by atoms with Crippen LogP contribution >= 0.6 is 0 Å². The summed E-state index contributed by atoms with van der Waals surface area (Å²) < 4.78 is 0. The van der Waals surface area contributed by atoms with Crippen LogP contribution in [0.4, 0.5) is 5.69 Å². The van der Waals surface area contributed by atoms with Gasteiger partial charge < -0.3 is 0 Å². The molecule has 2 N–H and O–H groups in total. The van der Waals surface area contributed by atoms with Crippen molar-refractivity contribution in [1.29, 1.82) is 0 Å². The Balaban J connectivity index is 1.86. The first-order valence-corrected chi connectivity index (χ1v) is 6.33. The summed E-state index contributed by atoms with van der Waals surface area (Å²) in [5, 5.41) is 20.7. The highest BCUT2D eigenvalue weighted by Crippen LogP contribution is 2.12. The SMILES string of the molecule is Cc1cc(C(=O)N/N=C/C=C/c2ccc([N+](=O)[O-])cc2)n[nH]1. The van der Waals surface area contributed by atoms with Crippen LogP contribution in [0.5, 0.6) is 0 Å². The van der Waals surface area contributed by atoms with Gasteiger partial charge in [0.2, 0.25) is 0 Å². The number of carbonyl (C=O) groups excluding carboxylic acids is 1. The normalized spacial score (nSPS) is 11.1. The second kappa shape index (κ2) is 6.93. The largest absolute Gasteiger partial charge is 0.291 e. The number of amides is 1. The quantitative estimate of drug-likeness (QED) is 0.499. The van der Waals surface area contributed by atoms with Crippen molar-refractivity contribution in [3.63, 3.8) is 0 Å². The minimum absolute atomic E-state index is 0.0346. The van der Waals surface area contributed by atoms with Gasteiger partial charge in [0.15, 0.2) is 5.69 Å². The number of nitro benzene ring substituents is 1. The zero-order chi connectivity index (χ0) is 15.9. The fourth-order valence-corrected chi connectivity index (χ4v) is 1.59. The summed E-state index contributed by atoms with van der Waals surface area (Å²) in [5.41, 5.74) is 4.19. The van der Waals surface area contributed by atoms with Crippen molar-refractivity contribution in [2.75, 3.05) is 0 Å². The molecule has 0 bridgehead atoms. The highest BCUT2D eigenvalue weighted by molar-refractivity contribution is 5.92. The van der Waals surface area contributed by atoms with Gasteiger partial charge in [0.1, 0.15) is 0 Å². The lowest BCUT2D eigenvalue weighted by Gasteiger charge is -1.93. The van der Waals surface area contributed by atoms with E-state index in [-0.39, 0.29) is 11.4 Å². The van der Waals surface area contributed by atoms with Crippen LogP contribution in [-0.2, 0) is 0 Å². The number of aromatic amines is 1. The van der Waals surface area contributed by atoms with E-state index < -0.39 is 10.8 Å². The highest BCUT2D eigenvalue weighted by atomic mass is 16.6. The van der Waals surface area contributed by atoms with Crippen molar-refractivity contribution in [3.8, 4) is 0 Å². The molecule has 0 fully saturated rings. The lowest BCUT2D eigenvalue weighted by atomic mass is 10.2. The first kappa shape index (κ1) is 15.1. The summed E-state index contributed by atoms with van der Waals surface area (Å²) in [5.74, 6) is -0.413. The van der Waals surface area contributed by atoms with Gasteiger partial charge in [-0.3, -0.25) is 20.0 Å². The summed E-state index contributed by atoms with van der Waals surface area (Å²) in [4.78, 5) is 21.7. The first-order valence-electron chi connectivity index (χ1n) is 6.33. The molecule has 0 radical (unpaired) electrons. The van der Waals surface area contributed by atoms with E-state index in [0.29, 0.717) is 0 Å². The third-order valence-electron chi connectivity index (χ3n) is 2.66.